The van der Waals surface area contributed by atoms with Crippen LogP contribution in [0.1, 0.15) is 18.5 Å². The van der Waals surface area contributed by atoms with Crippen molar-refractivity contribution < 1.29 is 9.53 Å². The van der Waals surface area contributed by atoms with E-state index in [1.165, 1.54) is 11.8 Å². The van der Waals surface area contributed by atoms with Crippen molar-refractivity contribution in [3.8, 4) is 5.75 Å². The van der Waals surface area contributed by atoms with E-state index in [9.17, 15) is 4.79 Å². The largest absolute Gasteiger partial charge is 0.490 e. The maximum Gasteiger partial charge on any atom is 0.227 e. The van der Waals surface area contributed by atoms with Crippen molar-refractivity contribution in [2.24, 2.45) is 5.92 Å². The van der Waals surface area contributed by atoms with Crippen LogP contribution in [-0.4, -0.2) is 72.3 Å². The first-order valence-electron chi connectivity index (χ1n) is 11.5. The average Bonchev–Trinajstić information content (AvgIpc) is 3.61. The molecule has 0 radical (unpaired) electrons. The number of likely N-dealkylation sites (N-methyl/N-ethyl adjacent to an activating group) is 2. The molecule has 4 rings (SSSR count). The monoisotopic (exact) mass is 496 g/mol. The molecule has 11 heteroatoms. The third kappa shape index (κ3) is 6.64. The second kappa shape index (κ2) is 11.0. The molecule has 0 unspecified atom stereocenters. The number of aromatic nitrogens is 4. The van der Waals surface area contributed by atoms with Gasteiger partial charge in [-0.05, 0) is 69.9 Å². The summed E-state index contributed by atoms with van der Waals surface area (Å²) in [6, 6.07) is 9.63. The molecule has 1 aromatic carbocycles. The van der Waals surface area contributed by atoms with Gasteiger partial charge in [0.25, 0.3) is 0 Å². The molecule has 0 saturated heterocycles. The molecule has 0 aliphatic heterocycles. The van der Waals surface area contributed by atoms with Gasteiger partial charge in [0.15, 0.2) is 22.6 Å². The topological polar surface area (TPSA) is 111 Å². The molecule has 186 valence electrons. The van der Waals surface area contributed by atoms with Crippen molar-refractivity contribution in [1.29, 1.82) is 0 Å². The number of aromatic amines is 1. The Hall–Kier alpha value is -3.31. The van der Waals surface area contributed by atoms with Gasteiger partial charge in [-0.1, -0.05) is 0 Å². The molecule has 1 aliphatic carbocycles. The van der Waals surface area contributed by atoms with Crippen LogP contribution in [0.25, 0.3) is 0 Å². The van der Waals surface area contributed by atoms with Gasteiger partial charge in [-0.15, -0.1) is 0 Å². The zero-order chi connectivity index (χ0) is 24.9. The molecule has 1 aliphatic rings. The quantitative estimate of drug-likeness (QED) is 0.342. The molecule has 35 heavy (non-hydrogen) atoms. The summed E-state index contributed by atoms with van der Waals surface area (Å²) in [5, 5.41) is 14.0. The zero-order valence-electron chi connectivity index (χ0n) is 20.8. The smallest absolute Gasteiger partial charge is 0.227 e. The second-order valence-corrected chi connectivity index (χ2v) is 9.93. The Bertz CT molecular complexity index is 1160. The minimum absolute atomic E-state index is 0.0959. The fourth-order valence-corrected chi connectivity index (χ4v) is 4.11. The molecule has 3 N–H and O–H groups in total. The van der Waals surface area contributed by atoms with E-state index in [1.807, 2.05) is 58.4 Å². The molecule has 1 amide bonds. The Morgan fingerprint density at radius 2 is 1.91 bits per heavy atom. The number of hydrogen-bond donors (Lipinski definition) is 3. The van der Waals surface area contributed by atoms with Crippen LogP contribution in [0.3, 0.4) is 0 Å². The van der Waals surface area contributed by atoms with E-state index in [0.29, 0.717) is 28.4 Å². The van der Waals surface area contributed by atoms with Gasteiger partial charge in [-0.3, -0.25) is 9.89 Å². The first-order valence-corrected chi connectivity index (χ1v) is 12.3. The van der Waals surface area contributed by atoms with Crippen molar-refractivity contribution >= 4 is 40.8 Å². The van der Waals surface area contributed by atoms with Crippen LogP contribution in [0.2, 0.25) is 0 Å². The number of ether oxygens (including phenoxy) is 1. The lowest BCUT2D eigenvalue weighted by molar-refractivity contribution is -0.117. The Balaban J connectivity index is 1.59. The summed E-state index contributed by atoms with van der Waals surface area (Å²) in [4.78, 5) is 26.7. The highest BCUT2D eigenvalue weighted by Gasteiger charge is 2.29. The van der Waals surface area contributed by atoms with Crippen molar-refractivity contribution in [1.82, 2.24) is 25.1 Å². The maximum atomic E-state index is 12.0. The van der Waals surface area contributed by atoms with E-state index >= 15 is 0 Å². The summed E-state index contributed by atoms with van der Waals surface area (Å²) in [5.74, 6) is 2.69. The van der Waals surface area contributed by atoms with Gasteiger partial charge in [0.1, 0.15) is 0 Å². The normalized spacial score (nSPS) is 13.1. The molecule has 0 spiro atoms. The molecule has 3 aromatic rings. The number of nitrogens with one attached hydrogen (secondary N) is 3. The maximum absolute atomic E-state index is 12.0. The molecule has 10 nitrogen and oxygen atoms in total. The van der Waals surface area contributed by atoms with Gasteiger partial charge < -0.3 is 25.2 Å². The minimum Gasteiger partial charge on any atom is -0.490 e. The van der Waals surface area contributed by atoms with Gasteiger partial charge >= 0.3 is 0 Å². The van der Waals surface area contributed by atoms with Gasteiger partial charge in [0, 0.05) is 48.4 Å². The fourth-order valence-electron chi connectivity index (χ4n) is 3.36. The lowest BCUT2D eigenvalue weighted by Gasteiger charge is -2.24. The Morgan fingerprint density at radius 1 is 1.17 bits per heavy atom. The molecule has 0 atom stereocenters. The fraction of sp³-hybridized carbons (Fsp3) is 0.417. The third-order valence-corrected chi connectivity index (χ3v) is 6.38. The summed E-state index contributed by atoms with van der Waals surface area (Å²) in [6.07, 6.45) is 1.96. The van der Waals surface area contributed by atoms with Crippen LogP contribution < -0.4 is 20.3 Å². The highest BCUT2D eigenvalue weighted by atomic mass is 32.2. The third-order valence-electron chi connectivity index (χ3n) is 5.51. The van der Waals surface area contributed by atoms with Crippen LogP contribution >= 0.6 is 11.8 Å². The second-order valence-electron chi connectivity index (χ2n) is 8.89. The molecule has 1 saturated carbocycles. The van der Waals surface area contributed by atoms with Crippen LogP contribution in [-0.2, 0) is 4.79 Å². The number of rotatable bonds is 11. The molecule has 2 aromatic heterocycles. The van der Waals surface area contributed by atoms with Gasteiger partial charge in [-0.25, -0.2) is 9.97 Å². The van der Waals surface area contributed by atoms with Crippen LogP contribution in [0.5, 0.6) is 5.75 Å². The van der Waals surface area contributed by atoms with Crippen LogP contribution in [0.4, 0.5) is 23.1 Å². The molecule has 1 fully saturated rings. The summed E-state index contributed by atoms with van der Waals surface area (Å²) in [6.45, 7) is 3.57. The van der Waals surface area contributed by atoms with Crippen molar-refractivity contribution in [2.45, 2.75) is 29.8 Å². The van der Waals surface area contributed by atoms with Crippen molar-refractivity contribution in [3.63, 3.8) is 0 Å². The highest BCUT2D eigenvalue weighted by Crippen LogP contribution is 2.38. The van der Waals surface area contributed by atoms with Crippen LogP contribution in [0.15, 0.2) is 40.4 Å². The standard InChI is InChI=1S/C24H32N8O2S/c1-15-14-19(30-29-15)26-21-20(34-5)22(32(4)13-12-31(2)3)28-24(27-21)35-18-10-8-17(9-11-18)25-23(33)16-6-7-16/h8-11,14,16H,6-7,12-13H2,1-5H3,(H,25,33)(H2,26,27,28,29,30). The van der Waals surface area contributed by atoms with Crippen molar-refractivity contribution in [2.75, 3.05) is 56.9 Å². The van der Waals surface area contributed by atoms with Gasteiger partial charge in [0.2, 0.25) is 11.7 Å². The average molecular weight is 497 g/mol. The zero-order valence-corrected chi connectivity index (χ0v) is 21.6. The first kappa shape index (κ1) is 24.8. The Morgan fingerprint density at radius 3 is 2.51 bits per heavy atom. The molecule has 2 heterocycles. The van der Waals surface area contributed by atoms with E-state index < -0.39 is 0 Å². The molecular weight excluding hydrogens is 464 g/mol. The van der Waals surface area contributed by atoms with Gasteiger partial charge in [-0.2, -0.15) is 5.10 Å². The number of nitrogens with zero attached hydrogens (tertiary/aromatic N) is 5. The Labute approximate surface area is 209 Å². The van der Waals surface area contributed by atoms with Gasteiger partial charge in [0.05, 0.1) is 7.11 Å². The molecule has 0 bridgehead atoms. The minimum atomic E-state index is 0.0959. The predicted molar refractivity (Wildman–Crippen MR) is 139 cm³/mol. The number of carbonyl (C=O) groups excluding carboxylic acids is 1. The lowest BCUT2D eigenvalue weighted by atomic mass is 10.3. The van der Waals surface area contributed by atoms with Crippen molar-refractivity contribution in [3.05, 3.63) is 36.0 Å². The lowest BCUT2D eigenvalue weighted by Crippen LogP contribution is -2.29. The van der Waals surface area contributed by atoms with E-state index in [2.05, 4.69) is 30.6 Å². The SMILES string of the molecule is COc1c(Nc2cc(C)[nH]n2)nc(Sc2ccc(NC(=O)C3CC3)cc2)nc1N(C)CCN(C)C. The number of amides is 1. The van der Waals surface area contributed by atoms with E-state index in [-0.39, 0.29) is 11.8 Å². The number of aryl methyl sites for hydroxylation is 1. The number of anilines is 4. The number of benzene rings is 1. The number of carbonyl (C=O) groups is 1. The summed E-state index contributed by atoms with van der Waals surface area (Å²) in [7, 11) is 7.68. The van der Waals surface area contributed by atoms with E-state index in [1.54, 1.807) is 7.11 Å². The van der Waals surface area contributed by atoms with E-state index in [0.717, 1.165) is 42.2 Å². The number of methoxy groups -OCH3 is 1. The number of hydrogen-bond acceptors (Lipinski definition) is 9. The first-order chi connectivity index (χ1) is 16.8. The van der Waals surface area contributed by atoms with E-state index in [4.69, 9.17) is 14.7 Å². The molecular formula is C24H32N8O2S. The van der Waals surface area contributed by atoms with Crippen LogP contribution in [0, 0.1) is 12.8 Å². The summed E-state index contributed by atoms with van der Waals surface area (Å²) >= 11 is 1.44. The summed E-state index contributed by atoms with van der Waals surface area (Å²) < 4.78 is 5.74. The predicted octanol–water partition coefficient (Wildman–Crippen LogP) is 3.76. The summed E-state index contributed by atoms with van der Waals surface area (Å²) in [5.41, 5.74) is 1.73. The Kier molecular flexibility index (Phi) is 7.76. The number of H-pyrrole nitrogens is 1. The highest BCUT2D eigenvalue weighted by molar-refractivity contribution is 7.99.